The van der Waals surface area contributed by atoms with Gasteiger partial charge in [-0.3, -0.25) is 9.69 Å². The van der Waals surface area contributed by atoms with Crippen molar-refractivity contribution in [1.82, 2.24) is 9.80 Å². The van der Waals surface area contributed by atoms with E-state index in [2.05, 4.69) is 11.5 Å². The van der Waals surface area contributed by atoms with Gasteiger partial charge in [-0.1, -0.05) is 6.08 Å². The number of aryl methyl sites for hydroxylation is 1. The molecule has 1 aromatic heterocycles. The normalized spacial score (nSPS) is 17.7. The fraction of sp³-hybridized carbons (Fsp3) is 0.562. The van der Waals surface area contributed by atoms with Crippen molar-refractivity contribution in [1.29, 1.82) is 0 Å². The highest BCUT2D eigenvalue weighted by Gasteiger charge is 2.23. The van der Waals surface area contributed by atoms with Crippen molar-refractivity contribution in [2.75, 3.05) is 32.7 Å². The molecule has 5 heteroatoms. The van der Waals surface area contributed by atoms with E-state index in [0.29, 0.717) is 6.54 Å². The Balaban J connectivity index is 1.77. The number of aliphatic hydroxyl groups is 1. The molecule has 1 aliphatic rings. The maximum Gasteiger partial charge on any atom is 0.264 e. The highest BCUT2D eigenvalue weighted by Crippen LogP contribution is 2.18. The van der Waals surface area contributed by atoms with Crippen molar-refractivity contribution in [2.24, 2.45) is 0 Å². The Bertz CT molecular complexity index is 478. The van der Waals surface area contributed by atoms with Crippen molar-refractivity contribution in [2.45, 2.75) is 25.9 Å². The second kappa shape index (κ2) is 7.73. The van der Waals surface area contributed by atoms with E-state index in [1.807, 2.05) is 30.0 Å². The monoisotopic (exact) mass is 308 g/mol. The molecule has 1 aromatic rings. The molecular formula is C16H24N2O2S. The summed E-state index contributed by atoms with van der Waals surface area (Å²) in [4.78, 5) is 18.5. The number of thiophene rings is 1. The van der Waals surface area contributed by atoms with Gasteiger partial charge in [0.05, 0.1) is 11.0 Å². The van der Waals surface area contributed by atoms with E-state index < -0.39 is 0 Å². The largest absolute Gasteiger partial charge is 0.392 e. The molecule has 0 spiro atoms. The number of amides is 1. The van der Waals surface area contributed by atoms with Crippen LogP contribution < -0.4 is 0 Å². The highest BCUT2D eigenvalue weighted by molar-refractivity contribution is 7.13. The minimum absolute atomic E-state index is 0.139. The van der Waals surface area contributed by atoms with Crippen LogP contribution >= 0.6 is 11.3 Å². The van der Waals surface area contributed by atoms with Crippen molar-refractivity contribution in [3.8, 4) is 0 Å². The molecule has 0 saturated carbocycles. The Labute approximate surface area is 130 Å². The average molecular weight is 308 g/mol. The number of hydrogen-bond donors (Lipinski definition) is 1. The van der Waals surface area contributed by atoms with Gasteiger partial charge < -0.3 is 10.0 Å². The summed E-state index contributed by atoms with van der Waals surface area (Å²) in [6.07, 6.45) is 3.14. The zero-order chi connectivity index (χ0) is 15.2. The molecule has 0 bridgehead atoms. The highest BCUT2D eigenvalue weighted by atomic mass is 32.1. The van der Waals surface area contributed by atoms with Crippen molar-refractivity contribution < 1.29 is 9.90 Å². The number of carbonyl (C=O) groups excluding carboxylic acids is 1. The van der Waals surface area contributed by atoms with Gasteiger partial charge in [0.1, 0.15) is 0 Å². The maximum atomic E-state index is 12.3. The van der Waals surface area contributed by atoms with E-state index in [1.54, 1.807) is 11.3 Å². The van der Waals surface area contributed by atoms with Gasteiger partial charge in [-0.05, 0) is 31.9 Å². The Kier molecular flexibility index (Phi) is 5.96. The lowest BCUT2D eigenvalue weighted by Gasteiger charge is -2.35. The average Bonchev–Trinajstić information content (AvgIpc) is 2.92. The Morgan fingerprint density at radius 1 is 1.43 bits per heavy atom. The maximum absolute atomic E-state index is 12.3. The fourth-order valence-corrected chi connectivity index (χ4v) is 3.37. The van der Waals surface area contributed by atoms with Crippen LogP contribution in [0.4, 0.5) is 0 Å². The van der Waals surface area contributed by atoms with Gasteiger partial charge in [0, 0.05) is 37.6 Å². The molecule has 1 unspecified atom stereocenters. The summed E-state index contributed by atoms with van der Waals surface area (Å²) < 4.78 is 0. The second-order valence-electron chi connectivity index (χ2n) is 5.52. The topological polar surface area (TPSA) is 43.8 Å². The summed E-state index contributed by atoms with van der Waals surface area (Å²) >= 11 is 1.56. The predicted molar refractivity (Wildman–Crippen MR) is 86.8 cm³/mol. The number of aliphatic hydroxyl groups excluding tert-OH is 1. The van der Waals surface area contributed by atoms with Gasteiger partial charge in [0.15, 0.2) is 0 Å². The minimum atomic E-state index is -0.301. The van der Waals surface area contributed by atoms with E-state index in [1.165, 1.54) is 4.88 Å². The van der Waals surface area contributed by atoms with E-state index >= 15 is 0 Å². The first-order valence-electron chi connectivity index (χ1n) is 7.47. The SMILES string of the molecule is C=CCCC(O)CN1CCN(C(=O)c2ccc(C)s2)CC1. The molecule has 2 rings (SSSR count). The van der Waals surface area contributed by atoms with E-state index in [-0.39, 0.29) is 12.0 Å². The van der Waals surface area contributed by atoms with Crippen LogP contribution in [0.25, 0.3) is 0 Å². The summed E-state index contributed by atoms with van der Waals surface area (Å²) in [6.45, 7) is 9.53. The van der Waals surface area contributed by atoms with Crippen molar-refractivity contribution in [3.63, 3.8) is 0 Å². The quantitative estimate of drug-likeness (QED) is 0.819. The molecule has 0 aromatic carbocycles. The van der Waals surface area contributed by atoms with Crippen LogP contribution in [0.2, 0.25) is 0 Å². The summed E-state index contributed by atoms with van der Waals surface area (Å²) in [7, 11) is 0. The lowest BCUT2D eigenvalue weighted by Crippen LogP contribution is -2.50. The van der Waals surface area contributed by atoms with Crippen LogP contribution in [0.1, 0.15) is 27.4 Å². The van der Waals surface area contributed by atoms with Gasteiger partial charge in [-0.2, -0.15) is 0 Å². The summed E-state index contributed by atoms with van der Waals surface area (Å²) in [5.74, 6) is 0.139. The molecular weight excluding hydrogens is 284 g/mol. The van der Waals surface area contributed by atoms with Crippen molar-refractivity contribution in [3.05, 3.63) is 34.5 Å². The standard InChI is InChI=1S/C16H24N2O2S/c1-3-4-5-14(19)12-17-8-10-18(11-9-17)16(20)15-7-6-13(2)21-15/h3,6-7,14,19H,1,4-5,8-12H2,2H3. The number of rotatable bonds is 6. The van der Waals surface area contributed by atoms with Crippen molar-refractivity contribution >= 4 is 17.2 Å². The van der Waals surface area contributed by atoms with Crippen LogP contribution in [-0.4, -0.2) is 59.6 Å². The molecule has 0 aliphatic carbocycles. The molecule has 0 radical (unpaired) electrons. The number of carbonyl (C=O) groups is 1. The van der Waals surface area contributed by atoms with E-state index in [0.717, 1.165) is 43.9 Å². The smallest absolute Gasteiger partial charge is 0.264 e. The van der Waals surface area contributed by atoms with Gasteiger partial charge in [-0.15, -0.1) is 17.9 Å². The molecule has 1 saturated heterocycles. The molecule has 1 aliphatic heterocycles. The lowest BCUT2D eigenvalue weighted by atomic mass is 10.1. The minimum Gasteiger partial charge on any atom is -0.392 e. The number of piperazine rings is 1. The lowest BCUT2D eigenvalue weighted by molar-refractivity contribution is 0.0521. The fourth-order valence-electron chi connectivity index (χ4n) is 2.54. The number of allylic oxidation sites excluding steroid dienone is 1. The third-order valence-electron chi connectivity index (χ3n) is 3.78. The van der Waals surface area contributed by atoms with Crippen LogP contribution in [-0.2, 0) is 0 Å². The van der Waals surface area contributed by atoms with Crippen LogP contribution in [0.3, 0.4) is 0 Å². The third-order valence-corrected chi connectivity index (χ3v) is 4.77. The Morgan fingerprint density at radius 3 is 2.71 bits per heavy atom. The molecule has 1 atom stereocenters. The van der Waals surface area contributed by atoms with Crippen LogP contribution in [0.5, 0.6) is 0 Å². The van der Waals surface area contributed by atoms with Crippen LogP contribution in [0, 0.1) is 6.92 Å². The first kappa shape index (κ1) is 16.2. The molecule has 4 nitrogen and oxygen atoms in total. The molecule has 2 heterocycles. The van der Waals surface area contributed by atoms with Gasteiger partial charge in [0.25, 0.3) is 5.91 Å². The predicted octanol–water partition coefficient (Wildman–Crippen LogP) is 2.14. The Hall–Kier alpha value is -1.17. The van der Waals surface area contributed by atoms with Gasteiger partial charge in [0.2, 0.25) is 0 Å². The van der Waals surface area contributed by atoms with Gasteiger partial charge >= 0.3 is 0 Å². The third kappa shape index (κ3) is 4.66. The summed E-state index contributed by atoms with van der Waals surface area (Å²) in [6, 6.07) is 3.90. The molecule has 116 valence electrons. The molecule has 1 N–H and O–H groups in total. The first-order chi connectivity index (χ1) is 10.1. The first-order valence-corrected chi connectivity index (χ1v) is 8.29. The zero-order valence-corrected chi connectivity index (χ0v) is 13.4. The number of hydrogen-bond acceptors (Lipinski definition) is 4. The second-order valence-corrected chi connectivity index (χ2v) is 6.81. The Morgan fingerprint density at radius 2 is 2.14 bits per heavy atom. The van der Waals surface area contributed by atoms with E-state index in [9.17, 15) is 9.90 Å². The summed E-state index contributed by atoms with van der Waals surface area (Å²) in [5, 5.41) is 9.92. The number of nitrogens with zero attached hydrogens (tertiary/aromatic N) is 2. The van der Waals surface area contributed by atoms with E-state index in [4.69, 9.17) is 0 Å². The molecule has 1 amide bonds. The zero-order valence-electron chi connectivity index (χ0n) is 12.6. The summed E-state index contributed by atoms with van der Waals surface area (Å²) in [5.41, 5.74) is 0. The molecule has 21 heavy (non-hydrogen) atoms. The van der Waals surface area contributed by atoms with Gasteiger partial charge in [-0.25, -0.2) is 0 Å². The number of β-amino-alcohol motifs (C(OH)–C–C–N with tert-alkyl or cyclic N) is 1. The molecule has 1 fully saturated rings. The van der Waals surface area contributed by atoms with Crippen LogP contribution in [0.15, 0.2) is 24.8 Å².